The van der Waals surface area contributed by atoms with E-state index in [4.69, 9.17) is 16.3 Å². The molecule has 2 aromatic rings. The molecule has 1 aromatic heterocycles. The molecular formula is C15H16ClFN2O. The first-order valence-corrected chi connectivity index (χ1v) is 6.73. The lowest BCUT2D eigenvalue weighted by Gasteiger charge is -2.13. The standard InChI is InChI=1S/C15H16ClFN2O/c1-10(2)19-9-11-8-18-6-5-15(11)20-12-3-4-14(17)13(16)7-12/h3-8,10,19H,9H2,1-2H3. The third kappa shape index (κ3) is 3.92. The lowest BCUT2D eigenvalue weighted by molar-refractivity contribution is 0.466. The topological polar surface area (TPSA) is 34.2 Å². The van der Waals surface area contributed by atoms with Gasteiger partial charge < -0.3 is 10.1 Å². The molecule has 0 fully saturated rings. The molecule has 1 heterocycles. The lowest BCUT2D eigenvalue weighted by atomic mass is 10.2. The number of nitrogens with one attached hydrogen (secondary N) is 1. The molecule has 0 aliphatic carbocycles. The Hall–Kier alpha value is -1.65. The molecule has 1 N–H and O–H groups in total. The zero-order chi connectivity index (χ0) is 14.5. The first-order chi connectivity index (χ1) is 9.56. The number of benzene rings is 1. The molecule has 1 aromatic carbocycles. The summed E-state index contributed by atoms with van der Waals surface area (Å²) in [5.41, 5.74) is 0.932. The van der Waals surface area contributed by atoms with Crippen LogP contribution in [0, 0.1) is 5.82 Å². The van der Waals surface area contributed by atoms with Crippen LogP contribution >= 0.6 is 11.6 Å². The van der Waals surface area contributed by atoms with Gasteiger partial charge in [-0.05, 0) is 18.2 Å². The number of hydrogen-bond acceptors (Lipinski definition) is 3. The smallest absolute Gasteiger partial charge is 0.142 e. The average Bonchev–Trinajstić information content (AvgIpc) is 2.42. The summed E-state index contributed by atoms with van der Waals surface area (Å²) in [5, 5.41) is 3.34. The molecule has 0 unspecified atom stereocenters. The maximum absolute atomic E-state index is 13.1. The van der Waals surface area contributed by atoms with Crippen LogP contribution in [0.25, 0.3) is 0 Å². The molecule has 0 radical (unpaired) electrons. The summed E-state index contributed by atoms with van der Waals surface area (Å²) in [5.74, 6) is 0.708. The molecule has 0 spiro atoms. The molecule has 0 aliphatic rings. The predicted molar refractivity (Wildman–Crippen MR) is 77.7 cm³/mol. The Bertz CT molecular complexity index is 590. The van der Waals surface area contributed by atoms with Gasteiger partial charge in [-0.1, -0.05) is 25.4 Å². The monoisotopic (exact) mass is 294 g/mol. The summed E-state index contributed by atoms with van der Waals surface area (Å²) in [4.78, 5) is 4.09. The van der Waals surface area contributed by atoms with E-state index in [1.165, 1.54) is 12.1 Å². The highest BCUT2D eigenvalue weighted by Crippen LogP contribution is 2.28. The van der Waals surface area contributed by atoms with Crippen molar-refractivity contribution in [3.05, 3.63) is 53.1 Å². The minimum atomic E-state index is -0.463. The van der Waals surface area contributed by atoms with Gasteiger partial charge >= 0.3 is 0 Å². The average molecular weight is 295 g/mol. The van der Waals surface area contributed by atoms with Crippen molar-refractivity contribution in [2.75, 3.05) is 0 Å². The van der Waals surface area contributed by atoms with Crippen LogP contribution in [-0.4, -0.2) is 11.0 Å². The molecule has 106 valence electrons. The van der Waals surface area contributed by atoms with Crippen molar-refractivity contribution in [1.82, 2.24) is 10.3 Å². The van der Waals surface area contributed by atoms with Gasteiger partial charge in [0.2, 0.25) is 0 Å². The fourth-order valence-electron chi connectivity index (χ4n) is 1.63. The van der Waals surface area contributed by atoms with Crippen molar-refractivity contribution in [3.63, 3.8) is 0 Å². The lowest BCUT2D eigenvalue weighted by Crippen LogP contribution is -2.22. The second-order valence-corrected chi connectivity index (χ2v) is 5.10. The zero-order valence-electron chi connectivity index (χ0n) is 11.4. The van der Waals surface area contributed by atoms with Crippen molar-refractivity contribution in [3.8, 4) is 11.5 Å². The van der Waals surface area contributed by atoms with E-state index in [1.807, 2.05) is 0 Å². The zero-order valence-corrected chi connectivity index (χ0v) is 12.1. The van der Waals surface area contributed by atoms with Crippen molar-refractivity contribution in [1.29, 1.82) is 0 Å². The molecular weight excluding hydrogens is 279 g/mol. The second kappa shape index (κ2) is 6.68. The van der Waals surface area contributed by atoms with Gasteiger partial charge in [-0.15, -0.1) is 0 Å². The molecule has 0 saturated carbocycles. The van der Waals surface area contributed by atoms with Crippen LogP contribution in [0.2, 0.25) is 5.02 Å². The molecule has 5 heteroatoms. The van der Waals surface area contributed by atoms with Gasteiger partial charge in [-0.25, -0.2) is 4.39 Å². The van der Waals surface area contributed by atoms with Gasteiger partial charge in [-0.2, -0.15) is 0 Å². The van der Waals surface area contributed by atoms with Gasteiger partial charge in [0.05, 0.1) is 5.02 Å². The van der Waals surface area contributed by atoms with E-state index in [2.05, 4.69) is 24.1 Å². The van der Waals surface area contributed by atoms with E-state index >= 15 is 0 Å². The summed E-state index contributed by atoms with van der Waals surface area (Å²) in [6, 6.07) is 6.42. The molecule has 0 aliphatic heterocycles. The highest BCUT2D eigenvalue weighted by molar-refractivity contribution is 6.30. The summed E-state index contributed by atoms with van der Waals surface area (Å²) in [6.07, 6.45) is 3.40. The van der Waals surface area contributed by atoms with E-state index in [9.17, 15) is 4.39 Å². The van der Waals surface area contributed by atoms with Crippen molar-refractivity contribution in [2.45, 2.75) is 26.4 Å². The predicted octanol–water partition coefficient (Wildman–Crippen LogP) is 4.16. The Labute approximate surface area is 122 Å². The van der Waals surface area contributed by atoms with E-state index < -0.39 is 5.82 Å². The van der Waals surface area contributed by atoms with Gasteiger partial charge in [-0.3, -0.25) is 4.98 Å². The van der Waals surface area contributed by atoms with Crippen LogP contribution in [0.1, 0.15) is 19.4 Å². The highest BCUT2D eigenvalue weighted by Gasteiger charge is 2.07. The van der Waals surface area contributed by atoms with Crippen LogP contribution in [0.4, 0.5) is 4.39 Å². The van der Waals surface area contributed by atoms with Crippen LogP contribution in [-0.2, 0) is 6.54 Å². The Balaban J connectivity index is 2.17. The third-order valence-corrected chi connectivity index (χ3v) is 2.97. The highest BCUT2D eigenvalue weighted by atomic mass is 35.5. The number of pyridine rings is 1. The first kappa shape index (κ1) is 14.8. The maximum atomic E-state index is 13.1. The molecule has 0 amide bonds. The van der Waals surface area contributed by atoms with Crippen molar-refractivity contribution in [2.24, 2.45) is 0 Å². The van der Waals surface area contributed by atoms with Crippen LogP contribution < -0.4 is 10.1 Å². The first-order valence-electron chi connectivity index (χ1n) is 6.35. The van der Waals surface area contributed by atoms with Crippen LogP contribution in [0.5, 0.6) is 11.5 Å². The van der Waals surface area contributed by atoms with Crippen molar-refractivity contribution < 1.29 is 9.13 Å². The Morgan fingerprint density at radius 3 is 2.85 bits per heavy atom. The minimum absolute atomic E-state index is 0.0402. The number of ether oxygens (including phenoxy) is 1. The molecule has 2 rings (SSSR count). The summed E-state index contributed by atoms with van der Waals surface area (Å²) in [7, 11) is 0. The quantitative estimate of drug-likeness (QED) is 0.899. The van der Waals surface area contributed by atoms with E-state index in [1.54, 1.807) is 24.5 Å². The largest absolute Gasteiger partial charge is 0.457 e. The number of halogens is 2. The summed E-state index contributed by atoms with van der Waals surface area (Å²) < 4.78 is 18.9. The van der Waals surface area contributed by atoms with Gasteiger partial charge in [0.1, 0.15) is 17.3 Å². The van der Waals surface area contributed by atoms with Gasteiger partial charge in [0.25, 0.3) is 0 Å². The van der Waals surface area contributed by atoms with Crippen LogP contribution in [0.15, 0.2) is 36.7 Å². The molecule has 0 bridgehead atoms. The minimum Gasteiger partial charge on any atom is -0.457 e. The maximum Gasteiger partial charge on any atom is 0.142 e. The van der Waals surface area contributed by atoms with Crippen molar-refractivity contribution >= 4 is 11.6 Å². The molecule has 0 saturated heterocycles. The van der Waals surface area contributed by atoms with E-state index in [0.717, 1.165) is 5.56 Å². The normalized spacial score (nSPS) is 10.8. The fourth-order valence-corrected chi connectivity index (χ4v) is 1.80. The van der Waals surface area contributed by atoms with Crippen LogP contribution in [0.3, 0.4) is 0 Å². The SMILES string of the molecule is CC(C)NCc1cnccc1Oc1ccc(F)c(Cl)c1. The Morgan fingerprint density at radius 2 is 2.15 bits per heavy atom. The molecule has 0 atom stereocenters. The Kier molecular flexibility index (Phi) is 4.93. The molecule has 3 nitrogen and oxygen atoms in total. The fraction of sp³-hybridized carbons (Fsp3) is 0.267. The molecule has 20 heavy (non-hydrogen) atoms. The summed E-state index contributed by atoms with van der Waals surface area (Å²) >= 11 is 5.74. The number of hydrogen-bond donors (Lipinski definition) is 1. The second-order valence-electron chi connectivity index (χ2n) is 4.70. The number of rotatable bonds is 5. The van der Waals surface area contributed by atoms with Gasteiger partial charge in [0.15, 0.2) is 0 Å². The van der Waals surface area contributed by atoms with E-state index in [-0.39, 0.29) is 5.02 Å². The van der Waals surface area contributed by atoms with Gasteiger partial charge in [0, 0.05) is 36.6 Å². The summed E-state index contributed by atoms with van der Waals surface area (Å²) in [6.45, 7) is 4.78. The number of nitrogens with zero attached hydrogens (tertiary/aromatic N) is 1. The number of aromatic nitrogens is 1. The third-order valence-electron chi connectivity index (χ3n) is 2.68. The van der Waals surface area contributed by atoms with E-state index in [0.29, 0.717) is 24.1 Å². The Morgan fingerprint density at radius 1 is 1.35 bits per heavy atom.